The molecule has 114 valence electrons. The molecule has 1 aliphatic heterocycles. The summed E-state index contributed by atoms with van der Waals surface area (Å²) >= 11 is 0. The van der Waals surface area contributed by atoms with Gasteiger partial charge in [0.2, 0.25) is 5.91 Å². The molecule has 1 saturated heterocycles. The number of anilines is 1. The third-order valence-corrected chi connectivity index (χ3v) is 4.93. The van der Waals surface area contributed by atoms with Gasteiger partial charge in [0.15, 0.2) is 5.82 Å². The second kappa shape index (κ2) is 5.21. The standard InChI is InChI=1S/C16H19N5O/c22-15(14-16(10-18-14)5-1-2-6-16)19-13-8-12(20-21-13)11-4-3-7-17-9-11/h3-4,7-9,14,18H,1-2,5-6,10H2,(H2,19,20,21,22). The van der Waals surface area contributed by atoms with Crippen molar-refractivity contribution in [2.24, 2.45) is 5.41 Å². The van der Waals surface area contributed by atoms with Gasteiger partial charge >= 0.3 is 0 Å². The van der Waals surface area contributed by atoms with Gasteiger partial charge in [0.05, 0.1) is 11.7 Å². The number of pyridine rings is 1. The number of hydrogen-bond donors (Lipinski definition) is 3. The van der Waals surface area contributed by atoms with Crippen LogP contribution in [0.1, 0.15) is 25.7 Å². The molecule has 1 amide bonds. The minimum Gasteiger partial charge on any atom is -0.308 e. The molecule has 1 unspecified atom stereocenters. The van der Waals surface area contributed by atoms with Crippen molar-refractivity contribution in [2.45, 2.75) is 31.7 Å². The summed E-state index contributed by atoms with van der Waals surface area (Å²) in [6, 6.07) is 5.59. The van der Waals surface area contributed by atoms with Crippen LogP contribution in [0.2, 0.25) is 0 Å². The van der Waals surface area contributed by atoms with Crippen LogP contribution < -0.4 is 10.6 Å². The molecule has 2 aromatic heterocycles. The van der Waals surface area contributed by atoms with Gasteiger partial charge in [0.25, 0.3) is 0 Å². The minimum absolute atomic E-state index is 0.0254. The molecule has 2 fully saturated rings. The van der Waals surface area contributed by atoms with E-state index in [4.69, 9.17) is 0 Å². The van der Waals surface area contributed by atoms with E-state index in [0.29, 0.717) is 5.82 Å². The number of aromatic amines is 1. The number of amides is 1. The Morgan fingerprint density at radius 3 is 2.91 bits per heavy atom. The van der Waals surface area contributed by atoms with E-state index >= 15 is 0 Å². The Kier molecular flexibility index (Phi) is 3.18. The van der Waals surface area contributed by atoms with Gasteiger partial charge in [-0.2, -0.15) is 5.10 Å². The van der Waals surface area contributed by atoms with Gasteiger partial charge in [-0.05, 0) is 25.0 Å². The van der Waals surface area contributed by atoms with Crippen molar-refractivity contribution in [1.29, 1.82) is 0 Å². The highest BCUT2D eigenvalue weighted by molar-refractivity contribution is 5.96. The molecular weight excluding hydrogens is 278 g/mol. The first-order chi connectivity index (χ1) is 10.8. The molecule has 3 N–H and O–H groups in total. The van der Waals surface area contributed by atoms with Gasteiger partial charge in [-0.3, -0.25) is 14.9 Å². The average molecular weight is 297 g/mol. The Bertz CT molecular complexity index is 675. The predicted octanol–water partition coefficient (Wildman–Crippen LogP) is 1.94. The lowest BCUT2D eigenvalue weighted by atomic mass is 9.71. The zero-order valence-corrected chi connectivity index (χ0v) is 12.3. The smallest absolute Gasteiger partial charge is 0.243 e. The third kappa shape index (κ3) is 2.20. The molecule has 0 aromatic carbocycles. The second-order valence-electron chi connectivity index (χ2n) is 6.28. The number of hydrogen-bond acceptors (Lipinski definition) is 4. The summed E-state index contributed by atoms with van der Waals surface area (Å²) in [5, 5.41) is 13.3. The van der Waals surface area contributed by atoms with Crippen molar-refractivity contribution in [3.05, 3.63) is 30.6 Å². The maximum absolute atomic E-state index is 12.5. The van der Waals surface area contributed by atoms with Crippen molar-refractivity contribution in [1.82, 2.24) is 20.5 Å². The Morgan fingerprint density at radius 2 is 2.23 bits per heavy atom. The van der Waals surface area contributed by atoms with Gasteiger partial charge in [0.1, 0.15) is 0 Å². The van der Waals surface area contributed by atoms with Crippen LogP contribution in [0.15, 0.2) is 30.6 Å². The Hall–Kier alpha value is -2.21. The highest BCUT2D eigenvalue weighted by atomic mass is 16.2. The first kappa shape index (κ1) is 13.5. The maximum atomic E-state index is 12.5. The number of rotatable bonds is 3. The Balaban J connectivity index is 1.46. The van der Waals surface area contributed by atoms with Crippen LogP contribution in [0.4, 0.5) is 5.82 Å². The fraction of sp³-hybridized carbons (Fsp3) is 0.438. The normalized spacial score (nSPS) is 22.5. The number of H-pyrrole nitrogens is 1. The Morgan fingerprint density at radius 1 is 1.36 bits per heavy atom. The number of carbonyl (C=O) groups is 1. The van der Waals surface area contributed by atoms with E-state index in [1.165, 1.54) is 12.8 Å². The van der Waals surface area contributed by atoms with E-state index < -0.39 is 0 Å². The SMILES string of the molecule is O=C(Nc1cc(-c2cccnc2)[nH]n1)C1NCC12CCCC2. The summed E-state index contributed by atoms with van der Waals surface area (Å²) in [6.45, 7) is 0.965. The summed E-state index contributed by atoms with van der Waals surface area (Å²) in [7, 11) is 0. The third-order valence-electron chi connectivity index (χ3n) is 4.93. The van der Waals surface area contributed by atoms with Crippen LogP contribution in [-0.2, 0) is 4.79 Å². The van der Waals surface area contributed by atoms with Crippen molar-refractivity contribution in [3.8, 4) is 11.3 Å². The van der Waals surface area contributed by atoms with Gasteiger partial charge < -0.3 is 10.6 Å². The van der Waals surface area contributed by atoms with Crippen LogP contribution in [0.25, 0.3) is 11.3 Å². The molecule has 6 nitrogen and oxygen atoms in total. The first-order valence-electron chi connectivity index (χ1n) is 7.77. The molecule has 0 radical (unpaired) electrons. The molecule has 1 saturated carbocycles. The monoisotopic (exact) mass is 297 g/mol. The van der Waals surface area contributed by atoms with E-state index in [9.17, 15) is 4.79 Å². The molecule has 3 heterocycles. The summed E-state index contributed by atoms with van der Waals surface area (Å²) in [5.41, 5.74) is 1.98. The van der Waals surface area contributed by atoms with Gasteiger partial charge in [0, 0.05) is 36.0 Å². The fourth-order valence-corrected chi connectivity index (χ4v) is 3.66. The van der Waals surface area contributed by atoms with Crippen molar-refractivity contribution in [3.63, 3.8) is 0 Å². The van der Waals surface area contributed by atoms with E-state index in [-0.39, 0.29) is 17.4 Å². The molecule has 1 atom stereocenters. The summed E-state index contributed by atoms with van der Waals surface area (Å²) in [5.74, 6) is 0.586. The minimum atomic E-state index is -0.0754. The average Bonchev–Trinajstić information content (AvgIpc) is 3.17. The number of nitrogens with one attached hydrogen (secondary N) is 3. The molecule has 4 rings (SSSR count). The van der Waals surface area contributed by atoms with Crippen LogP contribution in [0.3, 0.4) is 0 Å². The van der Waals surface area contributed by atoms with Gasteiger partial charge in [-0.15, -0.1) is 0 Å². The largest absolute Gasteiger partial charge is 0.308 e. The van der Waals surface area contributed by atoms with Crippen LogP contribution in [0.5, 0.6) is 0 Å². The Labute approximate surface area is 128 Å². The van der Waals surface area contributed by atoms with Crippen molar-refractivity contribution >= 4 is 11.7 Å². The van der Waals surface area contributed by atoms with Gasteiger partial charge in [-0.1, -0.05) is 12.8 Å². The summed E-state index contributed by atoms with van der Waals surface area (Å²) < 4.78 is 0. The predicted molar refractivity (Wildman–Crippen MR) is 83.1 cm³/mol. The van der Waals surface area contributed by atoms with E-state index in [2.05, 4.69) is 25.8 Å². The number of aromatic nitrogens is 3. The number of nitrogens with zero attached hydrogens (tertiary/aromatic N) is 2. The molecule has 2 aromatic rings. The lowest BCUT2D eigenvalue weighted by Crippen LogP contribution is -2.66. The molecule has 1 spiro atoms. The fourth-order valence-electron chi connectivity index (χ4n) is 3.66. The highest BCUT2D eigenvalue weighted by Crippen LogP contribution is 2.45. The van der Waals surface area contributed by atoms with E-state index in [1.807, 2.05) is 18.2 Å². The zero-order chi connectivity index (χ0) is 15.0. The molecule has 1 aliphatic carbocycles. The van der Waals surface area contributed by atoms with Crippen molar-refractivity contribution < 1.29 is 4.79 Å². The number of carbonyl (C=O) groups excluding carboxylic acids is 1. The first-order valence-corrected chi connectivity index (χ1v) is 7.77. The lowest BCUT2D eigenvalue weighted by molar-refractivity contribution is -0.125. The molecule has 22 heavy (non-hydrogen) atoms. The molecule has 2 aliphatic rings. The van der Waals surface area contributed by atoms with E-state index in [0.717, 1.165) is 30.6 Å². The maximum Gasteiger partial charge on any atom is 0.243 e. The quantitative estimate of drug-likeness (QED) is 0.808. The van der Waals surface area contributed by atoms with Crippen LogP contribution >= 0.6 is 0 Å². The molecule has 0 bridgehead atoms. The van der Waals surface area contributed by atoms with Crippen LogP contribution in [-0.4, -0.2) is 33.7 Å². The van der Waals surface area contributed by atoms with Gasteiger partial charge in [-0.25, -0.2) is 0 Å². The zero-order valence-electron chi connectivity index (χ0n) is 12.3. The summed E-state index contributed by atoms with van der Waals surface area (Å²) in [4.78, 5) is 16.5. The topological polar surface area (TPSA) is 82.7 Å². The van der Waals surface area contributed by atoms with Crippen LogP contribution in [0, 0.1) is 5.41 Å². The second-order valence-corrected chi connectivity index (χ2v) is 6.28. The highest BCUT2D eigenvalue weighted by Gasteiger charge is 2.51. The molecule has 6 heteroatoms. The van der Waals surface area contributed by atoms with Crippen molar-refractivity contribution in [2.75, 3.05) is 11.9 Å². The summed E-state index contributed by atoms with van der Waals surface area (Å²) in [6.07, 6.45) is 8.27. The lowest BCUT2D eigenvalue weighted by Gasteiger charge is -2.47. The van der Waals surface area contributed by atoms with E-state index in [1.54, 1.807) is 12.4 Å². The molecular formula is C16H19N5O.